The maximum absolute atomic E-state index is 9.37. The third-order valence-corrected chi connectivity index (χ3v) is 7.27. The molecule has 8 aromatic rings. The van der Waals surface area contributed by atoms with Crippen LogP contribution in [0.5, 0.6) is 5.75 Å². The summed E-state index contributed by atoms with van der Waals surface area (Å²) in [5.74, 6) is 0.350. The molecule has 0 unspecified atom stereocenters. The molecule has 3 nitrogen and oxygen atoms in total. The van der Waals surface area contributed by atoms with Crippen molar-refractivity contribution in [2.45, 2.75) is 29.2 Å². The molecule has 0 radical (unpaired) electrons. The summed E-state index contributed by atoms with van der Waals surface area (Å²) in [4.78, 5) is 0. The van der Waals surface area contributed by atoms with Crippen LogP contribution in [0.1, 0.15) is 27.8 Å². The van der Waals surface area contributed by atoms with Gasteiger partial charge in [0.05, 0.1) is 0 Å². The Morgan fingerprint density at radius 1 is 0.383 bits per heavy atom. The molecule has 0 bridgehead atoms. The Morgan fingerprint density at radius 2 is 0.809 bits per heavy atom. The third kappa shape index (κ3) is 10.1. The lowest BCUT2D eigenvalue weighted by Crippen LogP contribution is -1.84. The van der Waals surface area contributed by atoms with E-state index in [0.717, 1.165) is 27.5 Å². The molecular formula is C44H48N2O. The Labute approximate surface area is 280 Å². The van der Waals surface area contributed by atoms with Gasteiger partial charge in [-0.25, -0.2) is 0 Å². The first-order valence-electron chi connectivity index (χ1n) is 14.6. The smallest absolute Gasteiger partial charge is 0.123 e. The lowest BCUT2D eigenvalue weighted by molar-refractivity contribution is 0.481. The van der Waals surface area contributed by atoms with Gasteiger partial charge in [-0.1, -0.05) is 173 Å². The minimum Gasteiger partial charge on any atom is -0.507 e. The zero-order valence-electron chi connectivity index (χ0n) is 24.8. The van der Waals surface area contributed by atoms with Crippen molar-refractivity contribution < 1.29 is 5.11 Å². The van der Waals surface area contributed by atoms with Gasteiger partial charge in [0.1, 0.15) is 5.75 Å². The first-order chi connectivity index (χ1) is 21.5. The zero-order valence-corrected chi connectivity index (χ0v) is 24.8. The van der Waals surface area contributed by atoms with Crippen LogP contribution in [0.2, 0.25) is 0 Å². The molecule has 0 aliphatic heterocycles. The molecule has 0 amide bonds. The molecule has 0 heterocycles. The monoisotopic (exact) mass is 620 g/mol. The van der Waals surface area contributed by atoms with Crippen LogP contribution in [-0.4, -0.2) is 5.11 Å². The largest absolute Gasteiger partial charge is 0.507 e. The normalized spacial score (nSPS) is 9.55. The van der Waals surface area contributed by atoms with Gasteiger partial charge in [-0.15, -0.1) is 0 Å². The fourth-order valence-corrected chi connectivity index (χ4v) is 4.98. The van der Waals surface area contributed by atoms with E-state index in [1.54, 1.807) is 6.07 Å². The summed E-state index contributed by atoms with van der Waals surface area (Å²) in [7, 11) is 0. The fraction of sp³-hybridized carbons (Fsp3) is 0.0909. The number of hydrogen-bond acceptors (Lipinski definition) is 3. The van der Waals surface area contributed by atoms with Gasteiger partial charge in [0, 0.05) is 22.1 Å². The van der Waals surface area contributed by atoms with Crippen LogP contribution in [0.25, 0.3) is 43.1 Å². The Kier molecular flexibility index (Phi) is 14.5. The second kappa shape index (κ2) is 18.2. The molecule has 240 valence electrons. The van der Waals surface area contributed by atoms with Crippen molar-refractivity contribution >= 4 is 54.5 Å². The van der Waals surface area contributed by atoms with Crippen LogP contribution in [0.4, 0.5) is 11.4 Å². The molecule has 0 saturated heterocycles. The molecule has 0 saturated carbocycles. The number of aryl methyl sites for hydroxylation is 1. The quantitative estimate of drug-likeness (QED) is 0.148. The second-order valence-corrected chi connectivity index (χ2v) is 10.5. The molecule has 0 aliphatic carbocycles. The number of benzene rings is 8. The van der Waals surface area contributed by atoms with Crippen molar-refractivity contribution in [2.24, 2.45) is 0 Å². The highest BCUT2D eigenvalue weighted by molar-refractivity contribution is 5.92. The lowest BCUT2D eigenvalue weighted by atomic mass is 10.1. The van der Waals surface area contributed by atoms with Gasteiger partial charge in [0.2, 0.25) is 0 Å². The molecule has 0 fully saturated rings. The van der Waals surface area contributed by atoms with Crippen molar-refractivity contribution in [1.82, 2.24) is 0 Å². The molecule has 0 atom stereocenters. The average molecular weight is 621 g/mol. The SMILES string of the molecule is C.C.C.Cc1ccc2ccccc2c1.Nc1ccc2ccccc2c1.Nc1cccc2ccccc12.Oc1cccc2ccccc12. The lowest BCUT2D eigenvalue weighted by Gasteiger charge is -1.98. The van der Waals surface area contributed by atoms with Crippen molar-refractivity contribution in [3.63, 3.8) is 0 Å². The van der Waals surface area contributed by atoms with Crippen LogP contribution in [0.15, 0.2) is 170 Å². The Morgan fingerprint density at radius 3 is 1.38 bits per heavy atom. The standard InChI is InChI=1S/C11H10.2C10H9N.C10H8O.3CH4/c1-9-6-7-10-4-2-3-5-11(10)8-9;11-10-7-3-5-8-4-1-2-6-9(8)10;11-10-6-5-8-3-1-2-4-9(8)7-10;11-10-7-3-5-8-4-1-2-6-9(8)10;;;/h2-8H,1H3;2*1-7H,11H2;1-7,11H;3*1H4. The summed E-state index contributed by atoms with van der Waals surface area (Å²) in [6, 6.07) is 56.4. The van der Waals surface area contributed by atoms with E-state index in [0.29, 0.717) is 5.75 Å². The van der Waals surface area contributed by atoms with Crippen LogP contribution < -0.4 is 11.5 Å². The topological polar surface area (TPSA) is 72.3 Å². The van der Waals surface area contributed by atoms with Gasteiger partial charge >= 0.3 is 0 Å². The minimum absolute atomic E-state index is 0. The molecule has 47 heavy (non-hydrogen) atoms. The number of nitrogen functional groups attached to an aromatic ring is 2. The van der Waals surface area contributed by atoms with Crippen molar-refractivity contribution in [3.8, 4) is 5.75 Å². The van der Waals surface area contributed by atoms with Gasteiger partial charge in [0.15, 0.2) is 0 Å². The van der Waals surface area contributed by atoms with E-state index in [1.807, 2.05) is 97.1 Å². The Balaban J connectivity index is 0.000000213. The number of anilines is 2. The zero-order chi connectivity index (χ0) is 30.7. The minimum atomic E-state index is 0. The summed E-state index contributed by atoms with van der Waals surface area (Å²) >= 11 is 0. The van der Waals surface area contributed by atoms with Gasteiger partial charge in [-0.2, -0.15) is 0 Å². The van der Waals surface area contributed by atoms with E-state index in [2.05, 4.69) is 73.7 Å². The highest BCUT2D eigenvalue weighted by Gasteiger charge is 1.95. The van der Waals surface area contributed by atoms with E-state index in [1.165, 1.54) is 32.5 Å². The molecule has 0 aliphatic rings. The number of phenols is 1. The summed E-state index contributed by atoms with van der Waals surface area (Å²) in [6.07, 6.45) is 0. The summed E-state index contributed by atoms with van der Waals surface area (Å²) in [6.45, 7) is 2.12. The van der Waals surface area contributed by atoms with Crippen molar-refractivity contribution in [1.29, 1.82) is 0 Å². The van der Waals surface area contributed by atoms with E-state index in [9.17, 15) is 5.11 Å². The molecule has 3 heteroatoms. The van der Waals surface area contributed by atoms with E-state index >= 15 is 0 Å². The highest BCUT2D eigenvalue weighted by Crippen LogP contribution is 2.23. The van der Waals surface area contributed by atoms with Crippen molar-refractivity contribution in [2.75, 3.05) is 11.5 Å². The maximum atomic E-state index is 9.37. The Bertz CT molecular complexity index is 1960. The number of rotatable bonds is 0. The molecule has 0 spiro atoms. The van der Waals surface area contributed by atoms with Crippen LogP contribution in [-0.2, 0) is 0 Å². The number of aromatic hydroxyl groups is 1. The predicted molar refractivity (Wildman–Crippen MR) is 211 cm³/mol. The van der Waals surface area contributed by atoms with Gasteiger partial charge in [-0.3, -0.25) is 0 Å². The van der Waals surface area contributed by atoms with E-state index in [4.69, 9.17) is 11.5 Å². The van der Waals surface area contributed by atoms with Crippen LogP contribution in [0.3, 0.4) is 0 Å². The first-order valence-corrected chi connectivity index (χ1v) is 14.6. The maximum Gasteiger partial charge on any atom is 0.123 e. The molecule has 5 N–H and O–H groups in total. The van der Waals surface area contributed by atoms with Gasteiger partial charge in [-0.05, 0) is 63.5 Å². The number of hydrogen-bond donors (Lipinski definition) is 3. The predicted octanol–water partition coefficient (Wildman–Crippen LogP) is 12.4. The van der Waals surface area contributed by atoms with Crippen molar-refractivity contribution in [3.05, 3.63) is 175 Å². The van der Waals surface area contributed by atoms with Crippen LogP contribution >= 0.6 is 0 Å². The molecular weight excluding hydrogens is 572 g/mol. The molecule has 0 aromatic heterocycles. The van der Waals surface area contributed by atoms with Gasteiger partial charge < -0.3 is 16.6 Å². The van der Waals surface area contributed by atoms with Crippen LogP contribution in [0, 0.1) is 6.92 Å². The average Bonchev–Trinajstić information content (AvgIpc) is 3.06. The molecule has 8 rings (SSSR count). The number of nitrogens with two attached hydrogens (primary N) is 2. The van der Waals surface area contributed by atoms with E-state index in [-0.39, 0.29) is 22.3 Å². The molecule has 8 aromatic carbocycles. The summed E-state index contributed by atoms with van der Waals surface area (Å²) in [5, 5.41) is 18.8. The highest BCUT2D eigenvalue weighted by atomic mass is 16.3. The number of phenolic OH excluding ortho intramolecular Hbond substituents is 1. The Hall–Kier alpha value is -5.80. The summed E-state index contributed by atoms with van der Waals surface area (Å²) < 4.78 is 0. The van der Waals surface area contributed by atoms with E-state index < -0.39 is 0 Å². The third-order valence-electron chi connectivity index (χ3n) is 7.27. The second-order valence-electron chi connectivity index (χ2n) is 10.5. The summed E-state index contributed by atoms with van der Waals surface area (Å²) in [5.41, 5.74) is 14.4. The first kappa shape index (κ1) is 37.4. The number of fused-ring (bicyclic) bond motifs is 4. The fourth-order valence-electron chi connectivity index (χ4n) is 4.98. The van der Waals surface area contributed by atoms with Gasteiger partial charge in [0.25, 0.3) is 0 Å².